The van der Waals surface area contributed by atoms with Gasteiger partial charge in [0.25, 0.3) is 5.91 Å². The van der Waals surface area contributed by atoms with Gasteiger partial charge in [0, 0.05) is 19.2 Å². The summed E-state index contributed by atoms with van der Waals surface area (Å²) >= 11 is 1.09. The van der Waals surface area contributed by atoms with E-state index in [0.29, 0.717) is 18.8 Å². The first kappa shape index (κ1) is 19.0. The van der Waals surface area contributed by atoms with Crippen molar-refractivity contribution < 1.29 is 18.3 Å². The van der Waals surface area contributed by atoms with Crippen LogP contribution in [0.1, 0.15) is 41.2 Å². The molecule has 0 aromatic carbocycles. The third kappa shape index (κ3) is 3.95. The predicted octanol–water partition coefficient (Wildman–Crippen LogP) is 0.722. The van der Waals surface area contributed by atoms with Crippen LogP contribution < -0.4 is 5.32 Å². The number of aliphatic hydroxyl groups is 1. The Morgan fingerprint density at radius 1 is 1.46 bits per heavy atom. The van der Waals surface area contributed by atoms with Crippen molar-refractivity contribution in [3.05, 3.63) is 28.5 Å². The molecule has 0 saturated carbocycles. The minimum absolute atomic E-state index is 0.0161. The molecule has 11 heteroatoms. The van der Waals surface area contributed by atoms with Gasteiger partial charge in [-0.3, -0.25) is 9.89 Å². The van der Waals surface area contributed by atoms with Gasteiger partial charge in [-0.05, 0) is 30.7 Å². The van der Waals surface area contributed by atoms with Crippen LogP contribution in [-0.2, 0) is 16.6 Å². The average Bonchev–Trinajstić information content (AvgIpc) is 3.32. The molecule has 9 nitrogen and oxygen atoms in total. The summed E-state index contributed by atoms with van der Waals surface area (Å²) in [6.45, 7) is 0.472. The maximum atomic E-state index is 13.1. The van der Waals surface area contributed by atoms with Crippen molar-refractivity contribution in [1.29, 1.82) is 0 Å². The van der Waals surface area contributed by atoms with E-state index in [1.165, 1.54) is 16.7 Å². The number of carbonyl (C=O) groups excluding carboxylic acids is 1. The lowest BCUT2D eigenvalue weighted by atomic mass is 10.0. The van der Waals surface area contributed by atoms with E-state index in [9.17, 15) is 18.3 Å². The summed E-state index contributed by atoms with van der Waals surface area (Å²) in [5.74, 6) is 0.0176. The zero-order chi connectivity index (χ0) is 18.6. The Morgan fingerprint density at radius 2 is 2.31 bits per heavy atom. The zero-order valence-corrected chi connectivity index (χ0v) is 15.7. The maximum Gasteiger partial charge on any atom is 0.263 e. The molecule has 142 valence electrons. The Bertz CT molecular complexity index is 832. The monoisotopic (exact) mass is 399 g/mol. The smallest absolute Gasteiger partial charge is 0.263 e. The molecule has 3 rings (SSSR count). The van der Waals surface area contributed by atoms with Gasteiger partial charge in [-0.2, -0.15) is 9.40 Å². The fourth-order valence-corrected chi connectivity index (χ4v) is 6.12. The van der Waals surface area contributed by atoms with Crippen LogP contribution in [0.5, 0.6) is 0 Å². The number of piperidine rings is 1. The highest BCUT2D eigenvalue weighted by Crippen LogP contribution is 2.31. The molecule has 3 N–H and O–H groups in total. The van der Waals surface area contributed by atoms with Crippen molar-refractivity contribution in [2.75, 3.05) is 13.2 Å². The average molecular weight is 399 g/mol. The summed E-state index contributed by atoms with van der Waals surface area (Å²) in [5.41, 5.74) is 0. The van der Waals surface area contributed by atoms with Gasteiger partial charge in [-0.1, -0.05) is 6.42 Å². The third-order valence-electron chi connectivity index (χ3n) is 4.34. The van der Waals surface area contributed by atoms with Crippen LogP contribution in [0.25, 0.3) is 0 Å². The molecule has 2 aromatic heterocycles. The maximum absolute atomic E-state index is 13.1. The Labute approximate surface area is 155 Å². The summed E-state index contributed by atoms with van der Waals surface area (Å²) in [5, 5.41) is 19.8. The molecule has 1 aliphatic rings. The van der Waals surface area contributed by atoms with Gasteiger partial charge >= 0.3 is 0 Å². The first-order valence-electron chi connectivity index (χ1n) is 8.36. The van der Waals surface area contributed by atoms with E-state index >= 15 is 0 Å². The Kier molecular flexibility index (Phi) is 6.01. The topological polar surface area (TPSA) is 128 Å². The van der Waals surface area contributed by atoms with Crippen LogP contribution in [0.15, 0.2) is 22.7 Å². The number of sulfonamides is 1. The molecule has 0 spiro atoms. The van der Waals surface area contributed by atoms with Crippen LogP contribution in [0, 0.1) is 0 Å². The molecular weight excluding hydrogens is 378 g/mol. The molecule has 2 aromatic rings. The highest BCUT2D eigenvalue weighted by molar-refractivity contribution is 7.89. The van der Waals surface area contributed by atoms with Crippen molar-refractivity contribution >= 4 is 27.3 Å². The molecule has 1 fully saturated rings. The number of H-pyrrole nitrogens is 1. The molecule has 0 radical (unpaired) electrons. The van der Waals surface area contributed by atoms with E-state index in [1.807, 2.05) is 0 Å². The summed E-state index contributed by atoms with van der Waals surface area (Å²) < 4.78 is 27.7. The molecule has 3 heterocycles. The van der Waals surface area contributed by atoms with Gasteiger partial charge in [0.15, 0.2) is 0 Å². The molecular formula is C15H21N5O4S2. The number of carbonyl (C=O) groups is 1. The fraction of sp³-hybridized carbons (Fsp3) is 0.533. The van der Waals surface area contributed by atoms with Crippen LogP contribution >= 0.6 is 11.3 Å². The molecule has 1 amide bonds. The highest BCUT2D eigenvalue weighted by atomic mass is 32.2. The Morgan fingerprint density at radius 3 is 3.04 bits per heavy atom. The number of aliphatic hydroxyl groups excluding tert-OH is 1. The predicted molar refractivity (Wildman–Crippen MR) is 95.1 cm³/mol. The lowest BCUT2D eigenvalue weighted by Gasteiger charge is -2.34. The Balaban J connectivity index is 1.80. The van der Waals surface area contributed by atoms with Crippen molar-refractivity contribution in [1.82, 2.24) is 24.8 Å². The van der Waals surface area contributed by atoms with Crippen LogP contribution in [-0.4, -0.2) is 58.1 Å². The second-order valence-corrected chi connectivity index (χ2v) is 8.78. The summed E-state index contributed by atoms with van der Waals surface area (Å²) in [6, 6.07) is 1.23. The van der Waals surface area contributed by atoms with E-state index in [-0.39, 0.29) is 29.0 Å². The molecule has 0 aliphatic carbocycles. The van der Waals surface area contributed by atoms with Crippen molar-refractivity contribution in [2.24, 2.45) is 0 Å². The number of aromatic nitrogens is 3. The van der Waals surface area contributed by atoms with E-state index < -0.39 is 15.9 Å². The van der Waals surface area contributed by atoms with Gasteiger partial charge in [0.1, 0.15) is 21.9 Å². The van der Waals surface area contributed by atoms with Crippen LogP contribution in [0.4, 0.5) is 0 Å². The van der Waals surface area contributed by atoms with E-state index in [4.69, 9.17) is 0 Å². The van der Waals surface area contributed by atoms with Crippen LogP contribution in [0.3, 0.4) is 0 Å². The first-order valence-corrected chi connectivity index (χ1v) is 10.7. The number of rotatable bonds is 7. The molecule has 1 atom stereocenters. The van der Waals surface area contributed by atoms with Gasteiger partial charge in [0.2, 0.25) is 10.0 Å². The summed E-state index contributed by atoms with van der Waals surface area (Å²) in [7, 11) is -3.80. The minimum Gasteiger partial charge on any atom is -0.396 e. The molecule has 26 heavy (non-hydrogen) atoms. The number of thiophene rings is 1. The summed E-state index contributed by atoms with van der Waals surface area (Å²) in [6.07, 6.45) is 4.16. The number of nitrogens with zero attached hydrogens (tertiary/aromatic N) is 3. The minimum atomic E-state index is -3.80. The van der Waals surface area contributed by atoms with Crippen molar-refractivity contribution in [2.45, 2.75) is 43.2 Å². The van der Waals surface area contributed by atoms with Gasteiger partial charge in [-0.15, -0.1) is 11.3 Å². The lowest BCUT2D eigenvalue weighted by Crippen LogP contribution is -2.44. The molecule has 1 saturated heterocycles. The summed E-state index contributed by atoms with van der Waals surface area (Å²) in [4.78, 5) is 16.6. The van der Waals surface area contributed by atoms with Crippen molar-refractivity contribution in [3.8, 4) is 0 Å². The SMILES string of the molecule is O=C(NCc1ncn[nH]1)c1sccc1S(=O)(=O)N1CCCCC1CCO. The van der Waals surface area contributed by atoms with Crippen molar-refractivity contribution in [3.63, 3.8) is 0 Å². The van der Waals surface area contributed by atoms with Gasteiger partial charge < -0.3 is 10.4 Å². The van der Waals surface area contributed by atoms with Crippen LogP contribution in [0.2, 0.25) is 0 Å². The van der Waals surface area contributed by atoms with E-state index in [2.05, 4.69) is 20.5 Å². The number of hydrogen-bond acceptors (Lipinski definition) is 7. The van der Waals surface area contributed by atoms with E-state index in [0.717, 1.165) is 30.6 Å². The molecule has 1 unspecified atom stereocenters. The molecule has 0 bridgehead atoms. The number of aromatic amines is 1. The second-order valence-electron chi connectivity index (χ2n) is 6.01. The second kappa shape index (κ2) is 8.25. The zero-order valence-electron chi connectivity index (χ0n) is 14.1. The standard InChI is InChI=1S/C15H21N5O4S2/c21-7-4-11-3-1-2-6-20(11)26(23,24)12-5-8-25-14(12)15(22)16-9-13-17-10-18-19-13/h5,8,10-11,21H,1-4,6-7,9H2,(H,16,22)(H,17,18,19). The third-order valence-corrected chi connectivity index (χ3v) is 7.38. The quantitative estimate of drug-likeness (QED) is 0.629. The van der Waals surface area contributed by atoms with Gasteiger partial charge in [0.05, 0.1) is 6.54 Å². The lowest BCUT2D eigenvalue weighted by molar-refractivity contribution is 0.0950. The van der Waals surface area contributed by atoms with Gasteiger partial charge in [-0.25, -0.2) is 13.4 Å². The highest BCUT2D eigenvalue weighted by Gasteiger charge is 2.36. The van der Waals surface area contributed by atoms with E-state index in [1.54, 1.807) is 5.38 Å². The number of amides is 1. The molecule has 1 aliphatic heterocycles. The normalized spacial score (nSPS) is 18.7. The number of hydrogen-bond donors (Lipinski definition) is 3. The Hall–Kier alpha value is -1.82. The largest absolute Gasteiger partial charge is 0.396 e. The fourth-order valence-electron chi connectivity index (χ4n) is 3.08. The first-order chi connectivity index (χ1) is 12.5. The number of nitrogens with one attached hydrogen (secondary N) is 2.